The van der Waals surface area contributed by atoms with Crippen molar-refractivity contribution in [2.45, 2.75) is 6.18 Å². The number of carbonyl (C=O) groups is 1. The zero-order valence-corrected chi connectivity index (χ0v) is 6.93. The van der Waals surface area contributed by atoms with Gasteiger partial charge >= 0.3 is 6.18 Å². The van der Waals surface area contributed by atoms with Gasteiger partial charge in [-0.25, -0.2) is 0 Å². The highest BCUT2D eigenvalue weighted by atomic mass is 19.4. The van der Waals surface area contributed by atoms with Crippen LogP contribution in [0.5, 0.6) is 0 Å². The van der Waals surface area contributed by atoms with Crippen LogP contribution in [0.4, 0.5) is 13.2 Å². The average molecular weight is 198 g/mol. The van der Waals surface area contributed by atoms with E-state index in [1.165, 1.54) is 0 Å². The Labute approximate surface area is 78.5 Å². The first-order valence-electron chi connectivity index (χ1n) is 3.63. The molecular weight excluding hydrogens is 193 g/mol. The maximum Gasteiger partial charge on any atom is 0.416 e. The maximum absolute atomic E-state index is 12.1. The second kappa shape index (κ2) is 3.54. The Morgan fingerprint density at radius 2 is 1.71 bits per heavy atom. The summed E-state index contributed by atoms with van der Waals surface area (Å²) in [7, 11) is 0. The van der Waals surface area contributed by atoms with E-state index in [0.29, 0.717) is 0 Å². The lowest BCUT2D eigenvalue weighted by atomic mass is 10.1. The molecule has 0 unspecified atom stereocenters. The molecule has 14 heavy (non-hydrogen) atoms. The highest BCUT2D eigenvalue weighted by Gasteiger charge is 2.30. The lowest BCUT2D eigenvalue weighted by Gasteiger charge is -2.05. The summed E-state index contributed by atoms with van der Waals surface area (Å²) in [6.07, 6.45) is 0.415. The third kappa shape index (κ3) is 2.13. The van der Waals surface area contributed by atoms with Gasteiger partial charge < -0.3 is 0 Å². The van der Waals surface area contributed by atoms with E-state index in [1.54, 1.807) is 0 Å². The van der Waals surface area contributed by atoms with Crippen LogP contribution in [0.1, 0.15) is 15.9 Å². The number of benzene rings is 1. The van der Waals surface area contributed by atoms with Gasteiger partial charge in [-0.1, -0.05) is 0 Å². The van der Waals surface area contributed by atoms with Gasteiger partial charge in [-0.3, -0.25) is 4.79 Å². The molecule has 0 heterocycles. The third-order valence-electron chi connectivity index (χ3n) is 1.61. The highest BCUT2D eigenvalue weighted by Crippen LogP contribution is 2.28. The number of rotatable bonds is 1. The van der Waals surface area contributed by atoms with Gasteiger partial charge in [-0.2, -0.15) is 13.2 Å². The van der Waals surface area contributed by atoms with Crippen molar-refractivity contribution in [2.75, 3.05) is 0 Å². The molecule has 72 valence electrons. The monoisotopic (exact) mass is 198 g/mol. The standard InChI is InChI=1S/C10H5F3O/c1-2-9(14)7-3-5-8(6-4-7)10(11,12)13/h1,3-6H. The third-order valence-corrected chi connectivity index (χ3v) is 1.61. The zero-order chi connectivity index (χ0) is 10.8. The first-order valence-corrected chi connectivity index (χ1v) is 3.63. The molecular formula is C10H5F3O. The molecule has 1 nitrogen and oxygen atoms in total. The number of hydrogen-bond donors (Lipinski definition) is 0. The van der Waals surface area contributed by atoms with Gasteiger partial charge in [-0.05, 0) is 30.2 Å². The highest BCUT2D eigenvalue weighted by molar-refractivity contribution is 6.08. The largest absolute Gasteiger partial charge is 0.416 e. The SMILES string of the molecule is C#CC(=O)c1ccc(C(F)(F)F)cc1. The van der Waals surface area contributed by atoms with Gasteiger partial charge in [0, 0.05) is 5.56 Å². The Hall–Kier alpha value is -1.76. The molecule has 4 heteroatoms. The fourth-order valence-electron chi connectivity index (χ4n) is 0.894. The Bertz CT molecular complexity index is 381. The number of terminal acetylenes is 1. The molecule has 1 rings (SSSR count). The molecule has 1 aromatic rings. The predicted molar refractivity (Wildman–Crippen MR) is 44.6 cm³/mol. The fraction of sp³-hybridized carbons (Fsp3) is 0.100. The maximum atomic E-state index is 12.1. The molecule has 0 aliphatic rings. The van der Waals surface area contributed by atoms with Gasteiger partial charge in [0.1, 0.15) is 0 Å². The second-order valence-electron chi connectivity index (χ2n) is 2.55. The first-order chi connectivity index (χ1) is 6.45. The van der Waals surface area contributed by atoms with E-state index in [9.17, 15) is 18.0 Å². The molecule has 0 radical (unpaired) electrons. The summed E-state index contributed by atoms with van der Waals surface area (Å²) in [6.45, 7) is 0. The molecule has 0 saturated heterocycles. The summed E-state index contributed by atoms with van der Waals surface area (Å²) in [5.41, 5.74) is -0.716. The number of halogens is 3. The van der Waals surface area contributed by atoms with Gasteiger partial charge in [0.25, 0.3) is 0 Å². The van der Waals surface area contributed by atoms with Crippen LogP contribution in [0, 0.1) is 12.3 Å². The van der Waals surface area contributed by atoms with Crippen molar-refractivity contribution in [3.05, 3.63) is 35.4 Å². The van der Waals surface area contributed by atoms with Crippen molar-refractivity contribution in [3.8, 4) is 12.3 Å². The van der Waals surface area contributed by atoms with Crippen LogP contribution in [0.15, 0.2) is 24.3 Å². The lowest BCUT2D eigenvalue weighted by molar-refractivity contribution is -0.137. The minimum absolute atomic E-state index is 0.0838. The smallest absolute Gasteiger partial charge is 0.279 e. The zero-order valence-electron chi connectivity index (χ0n) is 6.93. The first kappa shape index (κ1) is 10.3. The number of ketones is 1. The van der Waals surface area contributed by atoms with Crippen LogP contribution in [0.25, 0.3) is 0 Å². The van der Waals surface area contributed by atoms with Crippen molar-refractivity contribution in [2.24, 2.45) is 0 Å². The van der Waals surface area contributed by atoms with E-state index in [1.807, 2.05) is 5.92 Å². The Kier molecular flexibility index (Phi) is 2.61. The summed E-state index contributed by atoms with van der Waals surface area (Å²) in [6, 6.07) is 3.77. The normalized spacial score (nSPS) is 10.7. The molecule has 0 saturated carbocycles. The summed E-state index contributed by atoms with van der Waals surface area (Å²) in [5.74, 6) is 1.19. The van der Waals surface area contributed by atoms with Crippen molar-refractivity contribution in [3.63, 3.8) is 0 Å². The summed E-state index contributed by atoms with van der Waals surface area (Å²) in [4.78, 5) is 10.9. The summed E-state index contributed by atoms with van der Waals surface area (Å²) < 4.78 is 36.2. The molecule has 0 bridgehead atoms. The van der Waals surface area contributed by atoms with Crippen LogP contribution in [-0.4, -0.2) is 5.78 Å². The quantitative estimate of drug-likeness (QED) is 0.385. The number of carbonyl (C=O) groups excluding carboxylic acids is 1. The van der Waals surface area contributed by atoms with Crippen LogP contribution in [0.2, 0.25) is 0 Å². The van der Waals surface area contributed by atoms with E-state index >= 15 is 0 Å². The molecule has 0 spiro atoms. The van der Waals surface area contributed by atoms with Crippen LogP contribution < -0.4 is 0 Å². The van der Waals surface area contributed by atoms with Crippen molar-refractivity contribution in [1.29, 1.82) is 0 Å². The predicted octanol–water partition coefficient (Wildman–Crippen LogP) is 2.52. The van der Waals surface area contributed by atoms with Crippen molar-refractivity contribution in [1.82, 2.24) is 0 Å². The minimum Gasteiger partial charge on any atom is -0.279 e. The van der Waals surface area contributed by atoms with Gasteiger partial charge in [0.05, 0.1) is 5.56 Å². The molecule has 0 aliphatic heterocycles. The van der Waals surface area contributed by atoms with E-state index in [2.05, 4.69) is 0 Å². The molecule has 0 aliphatic carbocycles. The molecule has 0 N–H and O–H groups in total. The van der Waals surface area contributed by atoms with Crippen molar-refractivity contribution >= 4 is 5.78 Å². The van der Waals surface area contributed by atoms with Crippen LogP contribution in [0.3, 0.4) is 0 Å². The number of hydrogen-bond acceptors (Lipinski definition) is 1. The second-order valence-corrected chi connectivity index (χ2v) is 2.55. The number of Topliss-reactive ketones (excluding diaryl/α,β-unsaturated/α-hetero) is 1. The van der Waals surface area contributed by atoms with Crippen LogP contribution in [-0.2, 0) is 6.18 Å². The Morgan fingerprint density at radius 3 is 2.07 bits per heavy atom. The van der Waals surface area contributed by atoms with Crippen molar-refractivity contribution < 1.29 is 18.0 Å². The molecule has 0 atom stereocenters. The van der Waals surface area contributed by atoms with E-state index in [4.69, 9.17) is 6.42 Å². The van der Waals surface area contributed by atoms with Gasteiger partial charge in [0.2, 0.25) is 5.78 Å². The Balaban J connectivity index is 3.02. The molecule has 1 aromatic carbocycles. The number of alkyl halides is 3. The fourth-order valence-corrected chi connectivity index (χ4v) is 0.894. The lowest BCUT2D eigenvalue weighted by Crippen LogP contribution is -2.05. The van der Waals surface area contributed by atoms with Gasteiger partial charge in [0.15, 0.2) is 0 Å². The van der Waals surface area contributed by atoms with Crippen LogP contribution >= 0.6 is 0 Å². The molecule has 0 aromatic heterocycles. The van der Waals surface area contributed by atoms with E-state index < -0.39 is 17.5 Å². The van der Waals surface area contributed by atoms with E-state index in [-0.39, 0.29) is 5.56 Å². The Morgan fingerprint density at radius 1 is 1.21 bits per heavy atom. The summed E-state index contributed by atoms with van der Waals surface area (Å²) >= 11 is 0. The summed E-state index contributed by atoms with van der Waals surface area (Å²) in [5, 5.41) is 0. The van der Waals surface area contributed by atoms with E-state index in [0.717, 1.165) is 24.3 Å². The minimum atomic E-state index is -4.39. The van der Waals surface area contributed by atoms with Gasteiger partial charge in [-0.15, -0.1) is 6.42 Å². The molecule has 0 fully saturated rings. The topological polar surface area (TPSA) is 17.1 Å². The molecule has 0 amide bonds. The average Bonchev–Trinajstić information content (AvgIpc) is 2.15.